The number of rotatable bonds is 4. The summed E-state index contributed by atoms with van der Waals surface area (Å²) in [5.74, 6) is -1.20. The second-order valence-electron chi connectivity index (χ2n) is 7.07. The van der Waals surface area contributed by atoms with Crippen molar-refractivity contribution in [3.05, 3.63) is 48.0 Å². The van der Waals surface area contributed by atoms with E-state index in [9.17, 15) is 25.6 Å². The third-order valence-electron chi connectivity index (χ3n) is 5.03. The Bertz CT molecular complexity index is 1180. The highest BCUT2D eigenvalue weighted by molar-refractivity contribution is 7.89. The molecule has 8 nitrogen and oxygen atoms in total. The summed E-state index contributed by atoms with van der Waals surface area (Å²) in [5, 5.41) is 0. The molecule has 2 aromatic rings. The Kier molecular flexibility index (Phi) is 5.90. The topological polar surface area (TPSA) is 93.2 Å². The second-order valence-corrected chi connectivity index (χ2v) is 10.9. The van der Waals surface area contributed by atoms with E-state index in [2.05, 4.69) is 0 Å². The van der Waals surface area contributed by atoms with E-state index in [4.69, 9.17) is 9.47 Å². The number of ether oxygens (including phenoxy) is 2. The van der Waals surface area contributed by atoms with Crippen LogP contribution in [0.5, 0.6) is 11.5 Å². The van der Waals surface area contributed by atoms with E-state index >= 15 is 0 Å². The van der Waals surface area contributed by atoms with Gasteiger partial charge in [0.25, 0.3) is 0 Å². The Balaban J connectivity index is 1.51. The van der Waals surface area contributed by atoms with E-state index in [0.717, 1.165) is 16.4 Å². The van der Waals surface area contributed by atoms with Gasteiger partial charge >= 0.3 is 0 Å². The summed E-state index contributed by atoms with van der Waals surface area (Å²) in [5.41, 5.74) is 0. The van der Waals surface area contributed by atoms with Gasteiger partial charge in [0.2, 0.25) is 20.0 Å². The summed E-state index contributed by atoms with van der Waals surface area (Å²) in [6, 6.07) is 6.40. The molecule has 0 unspecified atom stereocenters. The molecule has 0 aromatic heterocycles. The molecule has 12 heteroatoms. The zero-order valence-corrected chi connectivity index (χ0v) is 18.0. The lowest BCUT2D eigenvalue weighted by atomic mass is 10.3. The molecule has 0 amide bonds. The van der Waals surface area contributed by atoms with Crippen LogP contribution < -0.4 is 9.47 Å². The number of sulfonamides is 2. The van der Waals surface area contributed by atoms with Crippen LogP contribution >= 0.6 is 0 Å². The number of nitrogens with zero attached hydrogens (tertiary/aromatic N) is 2. The first kappa shape index (κ1) is 21.9. The standard InChI is InChI=1S/C19H20F2N2O6S2/c20-14-10-15(21)12-17(11-14)31(26,27)23-6-4-22(5-7-23)30(24,25)16-2-3-18-19(13-16)29-9-1-8-28-18/h2-3,10-13H,1,4-9H2. The molecule has 0 N–H and O–H groups in total. The summed E-state index contributed by atoms with van der Waals surface area (Å²) in [6.45, 7) is 0.383. The fraction of sp³-hybridized carbons (Fsp3) is 0.368. The summed E-state index contributed by atoms with van der Waals surface area (Å²) < 4.78 is 91.6. The molecule has 1 fully saturated rings. The van der Waals surface area contributed by atoms with Gasteiger partial charge in [-0.05, 0) is 24.3 Å². The Morgan fingerprint density at radius 3 is 1.77 bits per heavy atom. The van der Waals surface area contributed by atoms with Crippen LogP contribution in [-0.2, 0) is 20.0 Å². The average molecular weight is 475 g/mol. The smallest absolute Gasteiger partial charge is 0.243 e. The molecule has 168 valence electrons. The monoisotopic (exact) mass is 474 g/mol. The normalized spacial score (nSPS) is 18.5. The minimum atomic E-state index is -4.16. The first-order valence-corrected chi connectivity index (χ1v) is 12.4. The van der Waals surface area contributed by atoms with Gasteiger partial charge in [-0.1, -0.05) is 0 Å². The first-order chi connectivity index (χ1) is 14.7. The number of fused-ring (bicyclic) bond motifs is 1. The average Bonchev–Trinajstić information content (AvgIpc) is 2.98. The number of halogens is 2. The van der Waals surface area contributed by atoms with Crippen molar-refractivity contribution in [1.29, 1.82) is 0 Å². The van der Waals surface area contributed by atoms with Crippen molar-refractivity contribution in [3.63, 3.8) is 0 Å². The summed E-state index contributed by atoms with van der Waals surface area (Å²) >= 11 is 0. The van der Waals surface area contributed by atoms with E-state index in [1.54, 1.807) is 0 Å². The van der Waals surface area contributed by atoms with Gasteiger partial charge in [-0.3, -0.25) is 0 Å². The van der Waals surface area contributed by atoms with Crippen LogP contribution in [0.25, 0.3) is 0 Å². The second kappa shape index (κ2) is 8.34. The van der Waals surface area contributed by atoms with Gasteiger partial charge in [0, 0.05) is 44.7 Å². The number of benzene rings is 2. The summed E-state index contributed by atoms with van der Waals surface area (Å²) in [7, 11) is -8.06. The van der Waals surface area contributed by atoms with Crippen LogP contribution in [-0.4, -0.2) is 64.8 Å². The van der Waals surface area contributed by atoms with Crippen LogP contribution in [0.2, 0.25) is 0 Å². The molecule has 31 heavy (non-hydrogen) atoms. The molecule has 1 saturated heterocycles. The lowest BCUT2D eigenvalue weighted by Gasteiger charge is -2.33. The number of piperazine rings is 1. The molecule has 2 heterocycles. The Morgan fingerprint density at radius 1 is 0.677 bits per heavy atom. The van der Waals surface area contributed by atoms with Crippen LogP contribution in [0.4, 0.5) is 8.78 Å². The Labute approximate surface area is 179 Å². The van der Waals surface area contributed by atoms with Crippen LogP contribution in [0.3, 0.4) is 0 Å². The van der Waals surface area contributed by atoms with Gasteiger partial charge < -0.3 is 9.47 Å². The van der Waals surface area contributed by atoms with E-state index < -0.39 is 36.6 Å². The minimum absolute atomic E-state index is 0.0141. The largest absolute Gasteiger partial charge is 0.490 e. The Hall–Kier alpha value is -2.28. The SMILES string of the molecule is O=S(=O)(c1cc(F)cc(F)c1)N1CCN(S(=O)(=O)c2ccc3c(c2)OCCCO3)CC1. The fourth-order valence-electron chi connectivity index (χ4n) is 3.43. The van der Waals surface area contributed by atoms with Gasteiger partial charge in [0.1, 0.15) is 11.6 Å². The zero-order valence-electron chi connectivity index (χ0n) is 16.3. The number of hydrogen-bond donors (Lipinski definition) is 0. The minimum Gasteiger partial charge on any atom is -0.490 e. The molecule has 4 rings (SSSR count). The van der Waals surface area contributed by atoms with Gasteiger partial charge in [-0.25, -0.2) is 25.6 Å². The third kappa shape index (κ3) is 4.38. The number of hydrogen-bond acceptors (Lipinski definition) is 6. The zero-order chi connectivity index (χ0) is 22.2. The molecule has 0 bridgehead atoms. The fourth-order valence-corrected chi connectivity index (χ4v) is 6.33. The maximum atomic E-state index is 13.4. The van der Waals surface area contributed by atoms with Crippen molar-refractivity contribution in [1.82, 2.24) is 8.61 Å². The highest BCUT2D eigenvalue weighted by Crippen LogP contribution is 2.33. The molecule has 0 atom stereocenters. The molecule has 0 radical (unpaired) electrons. The predicted molar refractivity (Wildman–Crippen MR) is 106 cm³/mol. The van der Waals surface area contributed by atoms with E-state index in [0.29, 0.717) is 37.2 Å². The van der Waals surface area contributed by atoms with Crippen LogP contribution in [0.1, 0.15) is 6.42 Å². The van der Waals surface area contributed by atoms with Gasteiger partial charge in [-0.2, -0.15) is 8.61 Å². The van der Waals surface area contributed by atoms with E-state index in [1.165, 1.54) is 22.5 Å². The first-order valence-electron chi connectivity index (χ1n) is 9.54. The quantitative estimate of drug-likeness (QED) is 0.671. The predicted octanol–water partition coefficient (Wildman–Crippen LogP) is 1.82. The van der Waals surface area contributed by atoms with E-state index in [-0.39, 0.29) is 31.1 Å². The maximum absolute atomic E-state index is 13.4. The molecule has 2 aliphatic heterocycles. The molecule has 2 aliphatic rings. The van der Waals surface area contributed by atoms with Gasteiger partial charge in [0.15, 0.2) is 11.5 Å². The molecule has 0 saturated carbocycles. The van der Waals surface area contributed by atoms with Crippen LogP contribution in [0, 0.1) is 11.6 Å². The third-order valence-corrected chi connectivity index (χ3v) is 8.80. The van der Waals surface area contributed by atoms with Gasteiger partial charge in [0.05, 0.1) is 23.0 Å². The van der Waals surface area contributed by atoms with Gasteiger partial charge in [-0.15, -0.1) is 0 Å². The van der Waals surface area contributed by atoms with E-state index in [1.807, 2.05) is 0 Å². The Morgan fingerprint density at radius 2 is 1.19 bits per heavy atom. The summed E-state index contributed by atoms with van der Waals surface area (Å²) in [4.78, 5) is -0.496. The molecule has 2 aromatic carbocycles. The van der Waals surface area contributed by atoms with Crippen molar-refractivity contribution in [3.8, 4) is 11.5 Å². The lowest BCUT2D eigenvalue weighted by Crippen LogP contribution is -2.50. The van der Waals surface area contributed by atoms with Crippen molar-refractivity contribution in [2.24, 2.45) is 0 Å². The van der Waals surface area contributed by atoms with Crippen LogP contribution in [0.15, 0.2) is 46.2 Å². The lowest BCUT2D eigenvalue weighted by molar-refractivity contribution is 0.272. The molecule has 0 aliphatic carbocycles. The highest BCUT2D eigenvalue weighted by atomic mass is 32.2. The van der Waals surface area contributed by atoms with Crippen molar-refractivity contribution in [2.75, 3.05) is 39.4 Å². The maximum Gasteiger partial charge on any atom is 0.243 e. The highest BCUT2D eigenvalue weighted by Gasteiger charge is 2.34. The van der Waals surface area contributed by atoms with Crippen molar-refractivity contribution < 1.29 is 35.1 Å². The van der Waals surface area contributed by atoms with Crippen molar-refractivity contribution >= 4 is 20.0 Å². The molecular weight excluding hydrogens is 454 g/mol. The van der Waals surface area contributed by atoms with Crippen molar-refractivity contribution in [2.45, 2.75) is 16.2 Å². The molecule has 0 spiro atoms. The molecular formula is C19H20F2N2O6S2. The summed E-state index contributed by atoms with van der Waals surface area (Å²) in [6.07, 6.45) is 0.683.